The van der Waals surface area contributed by atoms with Gasteiger partial charge in [0.1, 0.15) is 0 Å². The van der Waals surface area contributed by atoms with Crippen LogP contribution in [0.15, 0.2) is 48.5 Å². The van der Waals surface area contributed by atoms with E-state index in [9.17, 15) is 12.9 Å². The molecule has 0 unspecified atom stereocenters. The molecule has 0 aromatic heterocycles. The SMILES string of the molecule is Cc1cc(-c2ccccc2)cc([B-](F)(F)F)c1.[K+]. The summed E-state index contributed by atoms with van der Waals surface area (Å²) in [5, 5.41) is 0. The molecular weight excluding hydrogens is 263 g/mol. The average Bonchev–Trinajstić information content (AvgIpc) is 2.28. The van der Waals surface area contributed by atoms with E-state index in [1.165, 1.54) is 12.1 Å². The van der Waals surface area contributed by atoms with Crippen molar-refractivity contribution in [3.05, 3.63) is 54.1 Å². The first kappa shape index (κ1) is 16.0. The van der Waals surface area contributed by atoms with Crippen molar-refractivity contribution in [2.45, 2.75) is 6.92 Å². The Morgan fingerprint density at radius 1 is 0.833 bits per heavy atom. The van der Waals surface area contributed by atoms with E-state index < -0.39 is 12.4 Å². The number of hydrogen-bond acceptors (Lipinski definition) is 0. The van der Waals surface area contributed by atoms with Crippen LogP contribution in [-0.4, -0.2) is 6.98 Å². The van der Waals surface area contributed by atoms with Crippen molar-refractivity contribution >= 4 is 12.4 Å². The number of halogens is 3. The summed E-state index contributed by atoms with van der Waals surface area (Å²) in [6, 6.07) is 13.2. The normalized spacial score (nSPS) is 10.9. The molecule has 0 saturated carbocycles. The van der Waals surface area contributed by atoms with Crippen molar-refractivity contribution in [2.75, 3.05) is 0 Å². The molecule has 0 bridgehead atoms. The van der Waals surface area contributed by atoms with Crippen LogP contribution in [0.3, 0.4) is 0 Å². The molecule has 0 aliphatic carbocycles. The van der Waals surface area contributed by atoms with Crippen LogP contribution < -0.4 is 56.8 Å². The number of hydrogen-bond donors (Lipinski definition) is 0. The largest absolute Gasteiger partial charge is 1.00 e. The van der Waals surface area contributed by atoms with Crippen molar-refractivity contribution in [1.82, 2.24) is 0 Å². The molecule has 0 amide bonds. The number of rotatable bonds is 2. The van der Waals surface area contributed by atoms with Gasteiger partial charge in [0.2, 0.25) is 0 Å². The Morgan fingerprint density at radius 2 is 1.44 bits per heavy atom. The zero-order chi connectivity index (χ0) is 12.5. The van der Waals surface area contributed by atoms with Crippen LogP contribution in [0.2, 0.25) is 0 Å². The van der Waals surface area contributed by atoms with Crippen molar-refractivity contribution in [3.8, 4) is 11.1 Å². The third-order valence-electron chi connectivity index (χ3n) is 2.58. The van der Waals surface area contributed by atoms with Crippen LogP contribution in [0.5, 0.6) is 0 Å². The van der Waals surface area contributed by atoms with Crippen LogP contribution >= 0.6 is 0 Å². The van der Waals surface area contributed by atoms with Crippen molar-refractivity contribution in [2.24, 2.45) is 0 Å². The Labute approximate surface area is 147 Å². The van der Waals surface area contributed by atoms with Crippen LogP contribution in [0.4, 0.5) is 12.9 Å². The van der Waals surface area contributed by atoms with Crippen LogP contribution in [-0.2, 0) is 0 Å². The molecular formula is C13H11BF3K. The predicted octanol–water partition coefficient (Wildman–Crippen LogP) is 0.720. The van der Waals surface area contributed by atoms with E-state index in [0.717, 1.165) is 5.56 Å². The monoisotopic (exact) mass is 274 g/mol. The maximum Gasteiger partial charge on any atom is 1.00 e. The van der Waals surface area contributed by atoms with Gasteiger partial charge in [0.05, 0.1) is 0 Å². The molecule has 0 atom stereocenters. The fourth-order valence-corrected chi connectivity index (χ4v) is 1.80. The Kier molecular flexibility index (Phi) is 5.68. The minimum atomic E-state index is -4.94. The predicted molar refractivity (Wildman–Crippen MR) is 65.3 cm³/mol. The molecule has 0 saturated heterocycles. The summed E-state index contributed by atoms with van der Waals surface area (Å²) in [6.45, 7) is -3.26. The molecule has 0 N–H and O–H groups in total. The summed E-state index contributed by atoms with van der Waals surface area (Å²) in [5.74, 6) is 0. The first-order valence-electron chi connectivity index (χ1n) is 5.34. The Balaban J connectivity index is 0.00000162. The first-order chi connectivity index (χ1) is 7.97. The molecule has 0 heterocycles. The zero-order valence-electron chi connectivity index (χ0n) is 10.3. The van der Waals surface area contributed by atoms with E-state index in [1.54, 1.807) is 13.0 Å². The van der Waals surface area contributed by atoms with E-state index in [1.807, 2.05) is 30.3 Å². The molecule has 88 valence electrons. The minimum Gasteiger partial charge on any atom is -0.445 e. The van der Waals surface area contributed by atoms with E-state index in [-0.39, 0.29) is 51.4 Å². The molecule has 2 rings (SSSR count). The summed E-state index contributed by atoms with van der Waals surface area (Å²) in [5.41, 5.74) is 1.50. The topological polar surface area (TPSA) is 0 Å². The first-order valence-corrected chi connectivity index (χ1v) is 5.34. The standard InChI is InChI=1S/C13H11BF3.K/c1-10-7-12(11-5-3-2-4-6-11)9-13(8-10)14(15,16)17;/h2-9H,1H3;/q-1;+1. The second-order valence-electron chi connectivity index (χ2n) is 4.07. The van der Waals surface area contributed by atoms with Gasteiger partial charge < -0.3 is 12.9 Å². The van der Waals surface area contributed by atoms with Gasteiger partial charge in [-0.15, -0.1) is 5.46 Å². The third kappa shape index (κ3) is 3.96. The van der Waals surface area contributed by atoms with Crippen LogP contribution in [0, 0.1) is 6.92 Å². The van der Waals surface area contributed by atoms with E-state index in [4.69, 9.17) is 0 Å². The summed E-state index contributed by atoms with van der Waals surface area (Å²) in [6.07, 6.45) is 0. The molecule has 0 radical (unpaired) electrons. The molecule has 0 aliphatic rings. The van der Waals surface area contributed by atoms with Gasteiger partial charge in [0.25, 0.3) is 0 Å². The molecule has 0 fully saturated rings. The molecule has 2 aromatic carbocycles. The molecule has 0 spiro atoms. The van der Waals surface area contributed by atoms with Gasteiger partial charge in [-0.1, -0.05) is 54.1 Å². The average molecular weight is 274 g/mol. The van der Waals surface area contributed by atoms with Gasteiger partial charge in [-0.25, -0.2) is 0 Å². The van der Waals surface area contributed by atoms with E-state index >= 15 is 0 Å². The second-order valence-corrected chi connectivity index (χ2v) is 4.07. The van der Waals surface area contributed by atoms with E-state index in [2.05, 4.69) is 0 Å². The van der Waals surface area contributed by atoms with Gasteiger partial charge in [0.15, 0.2) is 0 Å². The van der Waals surface area contributed by atoms with Crippen molar-refractivity contribution in [3.63, 3.8) is 0 Å². The maximum absolute atomic E-state index is 12.7. The minimum absolute atomic E-state index is 0. The van der Waals surface area contributed by atoms with Gasteiger partial charge in [0, 0.05) is 0 Å². The van der Waals surface area contributed by atoms with Gasteiger partial charge in [-0.2, -0.15) is 0 Å². The van der Waals surface area contributed by atoms with Crippen LogP contribution in [0.1, 0.15) is 5.56 Å². The second kappa shape index (κ2) is 6.39. The Morgan fingerprint density at radius 3 is 2.00 bits per heavy atom. The zero-order valence-corrected chi connectivity index (χ0v) is 13.5. The van der Waals surface area contributed by atoms with Gasteiger partial charge in [-0.3, -0.25) is 0 Å². The van der Waals surface area contributed by atoms with Gasteiger partial charge >= 0.3 is 58.4 Å². The fourth-order valence-electron chi connectivity index (χ4n) is 1.80. The van der Waals surface area contributed by atoms with Gasteiger partial charge in [-0.05, 0) is 18.1 Å². The number of benzene rings is 2. The summed E-state index contributed by atoms with van der Waals surface area (Å²) in [4.78, 5) is 0. The quantitative estimate of drug-likeness (QED) is 0.708. The van der Waals surface area contributed by atoms with Crippen molar-refractivity contribution in [1.29, 1.82) is 0 Å². The molecule has 18 heavy (non-hydrogen) atoms. The smallest absolute Gasteiger partial charge is 0.445 e. The molecule has 2 aromatic rings. The third-order valence-corrected chi connectivity index (χ3v) is 2.58. The Bertz CT molecular complexity index is 524. The molecule has 0 nitrogen and oxygen atoms in total. The fraction of sp³-hybridized carbons (Fsp3) is 0.0769. The number of aryl methyl sites for hydroxylation is 1. The summed E-state index contributed by atoms with van der Waals surface area (Å²) >= 11 is 0. The molecule has 0 aliphatic heterocycles. The Hall–Kier alpha value is -0.0687. The van der Waals surface area contributed by atoms with Crippen molar-refractivity contribution < 1.29 is 64.3 Å². The summed E-state index contributed by atoms with van der Waals surface area (Å²) < 4.78 is 38.2. The summed E-state index contributed by atoms with van der Waals surface area (Å²) in [7, 11) is 0. The van der Waals surface area contributed by atoms with E-state index in [0.29, 0.717) is 11.1 Å². The van der Waals surface area contributed by atoms with Crippen LogP contribution in [0.25, 0.3) is 11.1 Å². The molecule has 5 heteroatoms. The maximum atomic E-state index is 12.7.